The largest absolute Gasteiger partial charge is 0.280 e. The smallest absolute Gasteiger partial charge is 0.206 e. The van der Waals surface area contributed by atoms with Crippen molar-refractivity contribution in [1.82, 2.24) is 0 Å². The van der Waals surface area contributed by atoms with E-state index >= 15 is 0 Å². The van der Waals surface area contributed by atoms with Crippen LogP contribution in [0.15, 0.2) is 57.5 Å². The molecule has 0 atom stereocenters. The van der Waals surface area contributed by atoms with E-state index in [0.717, 1.165) is 6.07 Å². The van der Waals surface area contributed by atoms with E-state index in [1.54, 1.807) is 18.2 Å². The fourth-order valence-electron chi connectivity index (χ4n) is 2.84. The third-order valence-corrected chi connectivity index (χ3v) is 4.88. The summed E-state index contributed by atoms with van der Waals surface area (Å²) in [5.41, 5.74) is -0.253. The van der Waals surface area contributed by atoms with Crippen LogP contribution in [0.5, 0.6) is 0 Å². The first-order chi connectivity index (χ1) is 12.7. The Morgan fingerprint density at radius 2 is 1.48 bits per heavy atom. The zero-order chi connectivity index (χ0) is 19.8. The molecule has 0 heterocycles. The molecule has 1 aliphatic rings. The topological polar surface area (TPSA) is 0 Å². The van der Waals surface area contributed by atoms with Crippen LogP contribution in [0, 0.1) is 17.5 Å². The number of benzene rings is 3. The van der Waals surface area contributed by atoms with Gasteiger partial charge in [-0.2, -0.15) is 0 Å². The summed E-state index contributed by atoms with van der Waals surface area (Å²) in [6, 6.07) is 9.97. The van der Waals surface area contributed by atoms with Crippen LogP contribution in [0.3, 0.4) is 0 Å². The summed E-state index contributed by atoms with van der Waals surface area (Å²) in [7, 11) is 0. The third kappa shape index (κ3) is 4.24. The lowest BCUT2D eigenvalue weighted by atomic mass is 9.93. The van der Waals surface area contributed by atoms with Crippen LogP contribution in [-0.2, 0) is 5.92 Å². The van der Waals surface area contributed by atoms with Crippen molar-refractivity contribution in [2.75, 3.05) is 0 Å². The molecule has 0 fully saturated rings. The second kappa shape index (κ2) is 7.72. The van der Waals surface area contributed by atoms with Gasteiger partial charge < -0.3 is 0 Å². The molecule has 0 aromatic heterocycles. The first kappa shape index (κ1) is 20.0. The quantitative estimate of drug-likeness (QED) is 0.272. The number of hydrogen-bond acceptors (Lipinski definition) is 0. The molecular formula is C20H11Br2F5. The molecule has 0 unspecified atom stereocenters. The monoisotopic (exact) mass is 504 g/mol. The highest BCUT2D eigenvalue weighted by atomic mass is 79.9. The van der Waals surface area contributed by atoms with Gasteiger partial charge in [0.25, 0.3) is 5.92 Å². The van der Waals surface area contributed by atoms with Gasteiger partial charge in [0.15, 0.2) is 0 Å². The zero-order valence-corrected chi connectivity index (χ0v) is 16.7. The number of allylic oxidation sites excluding steroid dienone is 1. The number of alkyl halides is 2. The average Bonchev–Trinajstić information content (AvgIpc) is 2.53. The Hall–Kier alpha value is -1.73. The summed E-state index contributed by atoms with van der Waals surface area (Å²) < 4.78 is 67.3. The fourth-order valence-corrected chi connectivity index (χ4v) is 3.74. The molecule has 4 rings (SSSR count). The van der Waals surface area contributed by atoms with E-state index in [2.05, 4.69) is 31.9 Å². The van der Waals surface area contributed by atoms with E-state index in [0.29, 0.717) is 14.3 Å². The van der Waals surface area contributed by atoms with Crippen molar-refractivity contribution < 1.29 is 22.0 Å². The predicted octanol–water partition coefficient (Wildman–Crippen LogP) is 7.98. The molecule has 3 aromatic rings. The Bertz CT molecular complexity index is 1040. The molecule has 0 saturated heterocycles. The van der Waals surface area contributed by atoms with Crippen LogP contribution in [0.1, 0.15) is 17.5 Å². The summed E-state index contributed by atoms with van der Waals surface area (Å²) in [5.74, 6) is -5.01. The summed E-state index contributed by atoms with van der Waals surface area (Å²) in [5, 5.41) is 0.609. The average molecular weight is 506 g/mol. The second-order valence-corrected chi connectivity index (χ2v) is 7.72. The van der Waals surface area contributed by atoms with Gasteiger partial charge in [0.1, 0.15) is 17.5 Å². The van der Waals surface area contributed by atoms with Gasteiger partial charge in [0.05, 0.1) is 10.9 Å². The summed E-state index contributed by atoms with van der Waals surface area (Å²) in [6.07, 6.45) is 2.44. The van der Waals surface area contributed by atoms with Crippen molar-refractivity contribution in [2.24, 2.45) is 0 Å². The SMILES string of the molecule is Fc1cc(Br)cc2c1C(F)(F)CC=C2.Fc1cccc2cc(Br)cc(F)c12. The first-order valence-corrected chi connectivity index (χ1v) is 9.35. The van der Waals surface area contributed by atoms with E-state index < -0.39 is 35.4 Å². The van der Waals surface area contributed by atoms with Gasteiger partial charge in [0, 0.05) is 15.4 Å². The maximum Gasteiger partial charge on any atom is 0.280 e. The maximum atomic E-state index is 13.3. The van der Waals surface area contributed by atoms with Gasteiger partial charge in [0.2, 0.25) is 0 Å². The molecule has 0 saturated carbocycles. The van der Waals surface area contributed by atoms with Crippen molar-refractivity contribution in [3.63, 3.8) is 0 Å². The molecule has 0 spiro atoms. The molecule has 0 radical (unpaired) electrons. The first-order valence-electron chi connectivity index (χ1n) is 7.76. The molecule has 27 heavy (non-hydrogen) atoms. The van der Waals surface area contributed by atoms with Crippen molar-refractivity contribution in [2.45, 2.75) is 12.3 Å². The summed E-state index contributed by atoms with van der Waals surface area (Å²) in [4.78, 5) is 0. The molecule has 0 aliphatic heterocycles. The summed E-state index contributed by atoms with van der Waals surface area (Å²) in [6.45, 7) is 0. The van der Waals surface area contributed by atoms with Crippen LogP contribution in [0.25, 0.3) is 16.8 Å². The van der Waals surface area contributed by atoms with Crippen LogP contribution in [-0.4, -0.2) is 0 Å². The standard InChI is InChI=1S/C10H6BrF3.C10H5BrF2/c11-7-4-6-2-1-3-10(13,14)9(6)8(12)5-7;11-7-4-6-2-1-3-8(12)10(6)9(13)5-7/h1-2,4-5H,3H2;1-5H. The number of halogens is 7. The van der Waals surface area contributed by atoms with Crippen molar-refractivity contribution in [3.8, 4) is 0 Å². The minimum atomic E-state index is -3.09. The van der Waals surface area contributed by atoms with Gasteiger partial charge in [-0.25, -0.2) is 22.0 Å². The molecule has 0 N–H and O–H groups in total. The predicted molar refractivity (Wildman–Crippen MR) is 103 cm³/mol. The van der Waals surface area contributed by atoms with E-state index in [1.807, 2.05) is 0 Å². The molecular weight excluding hydrogens is 495 g/mol. The molecule has 7 heteroatoms. The van der Waals surface area contributed by atoms with Crippen molar-refractivity contribution >= 4 is 48.7 Å². The third-order valence-electron chi connectivity index (χ3n) is 3.97. The molecule has 140 valence electrons. The Labute approximate surface area is 169 Å². The van der Waals surface area contributed by atoms with Crippen molar-refractivity contribution in [3.05, 3.63) is 86.1 Å². The lowest BCUT2D eigenvalue weighted by Crippen LogP contribution is -2.18. The van der Waals surface area contributed by atoms with Crippen LogP contribution >= 0.6 is 31.9 Å². The van der Waals surface area contributed by atoms with Gasteiger partial charge in [-0.3, -0.25) is 0 Å². The van der Waals surface area contributed by atoms with Gasteiger partial charge in [-0.05, 0) is 41.3 Å². The second-order valence-electron chi connectivity index (χ2n) is 5.89. The molecule has 0 nitrogen and oxygen atoms in total. The number of rotatable bonds is 0. The Morgan fingerprint density at radius 3 is 2.22 bits per heavy atom. The highest BCUT2D eigenvalue weighted by molar-refractivity contribution is 9.10. The lowest BCUT2D eigenvalue weighted by Gasteiger charge is -2.21. The minimum Gasteiger partial charge on any atom is -0.206 e. The van der Waals surface area contributed by atoms with Gasteiger partial charge >= 0.3 is 0 Å². The van der Waals surface area contributed by atoms with Crippen LogP contribution in [0.2, 0.25) is 0 Å². The maximum absolute atomic E-state index is 13.3. The minimum absolute atomic E-state index is 0.0469. The molecule has 0 amide bonds. The number of hydrogen-bond donors (Lipinski definition) is 0. The Kier molecular flexibility index (Phi) is 5.72. The normalized spacial score (nSPS) is 14.5. The van der Waals surface area contributed by atoms with E-state index in [4.69, 9.17) is 0 Å². The zero-order valence-electron chi connectivity index (χ0n) is 13.5. The highest BCUT2D eigenvalue weighted by Gasteiger charge is 2.37. The molecule has 0 bridgehead atoms. The van der Waals surface area contributed by atoms with E-state index in [9.17, 15) is 22.0 Å². The lowest BCUT2D eigenvalue weighted by molar-refractivity contribution is -0.00579. The van der Waals surface area contributed by atoms with Gasteiger partial charge in [-0.1, -0.05) is 56.1 Å². The van der Waals surface area contributed by atoms with Crippen LogP contribution < -0.4 is 0 Å². The van der Waals surface area contributed by atoms with Crippen molar-refractivity contribution in [1.29, 1.82) is 0 Å². The fraction of sp³-hybridized carbons (Fsp3) is 0.100. The van der Waals surface area contributed by atoms with Gasteiger partial charge in [-0.15, -0.1) is 0 Å². The molecule has 1 aliphatic carbocycles. The van der Waals surface area contributed by atoms with E-state index in [1.165, 1.54) is 30.4 Å². The molecule has 3 aromatic carbocycles. The number of fused-ring (bicyclic) bond motifs is 2. The highest BCUT2D eigenvalue weighted by Crippen LogP contribution is 2.41. The Balaban J connectivity index is 0.000000156. The van der Waals surface area contributed by atoms with Crippen LogP contribution in [0.4, 0.5) is 22.0 Å². The Morgan fingerprint density at radius 1 is 0.815 bits per heavy atom. The van der Waals surface area contributed by atoms with E-state index in [-0.39, 0.29) is 10.9 Å². The summed E-state index contributed by atoms with van der Waals surface area (Å²) >= 11 is 6.21.